The van der Waals surface area contributed by atoms with Crippen molar-refractivity contribution in [3.8, 4) is 0 Å². The minimum atomic E-state index is -1.60. The van der Waals surface area contributed by atoms with Crippen LogP contribution in [0.15, 0.2) is 12.7 Å². The van der Waals surface area contributed by atoms with Crippen LogP contribution in [0.4, 0.5) is 4.79 Å². The van der Waals surface area contributed by atoms with E-state index in [0.717, 1.165) is 0 Å². The van der Waals surface area contributed by atoms with E-state index in [1.54, 1.807) is 20.8 Å². The highest BCUT2D eigenvalue weighted by Crippen LogP contribution is 2.07. The number of rotatable bonds is 6. The van der Waals surface area contributed by atoms with Crippen LogP contribution in [0.2, 0.25) is 0 Å². The van der Waals surface area contributed by atoms with Crippen molar-refractivity contribution in [2.45, 2.75) is 38.8 Å². The van der Waals surface area contributed by atoms with Crippen LogP contribution in [-0.4, -0.2) is 36.3 Å². The van der Waals surface area contributed by atoms with Gasteiger partial charge in [-0.25, -0.2) is 4.79 Å². The van der Waals surface area contributed by atoms with Gasteiger partial charge in [-0.15, -0.1) is 0 Å². The Morgan fingerprint density at radius 2 is 1.95 bits per heavy atom. The fourth-order valence-corrected chi connectivity index (χ4v) is 1.02. The molecule has 0 aliphatic carbocycles. The number of hydrogen-bond acceptors (Lipinski definition) is 6. The number of aliphatic carboxylic acids is 1. The molecule has 108 valence electrons. The molecule has 0 rings (SSSR count). The number of alkyl carbamates (subject to hydrolysis) is 1. The Morgan fingerprint density at radius 3 is 2.37 bits per heavy atom. The molecular formula is C12H18NO6-. The molecule has 19 heavy (non-hydrogen) atoms. The molecule has 1 amide bonds. The van der Waals surface area contributed by atoms with Gasteiger partial charge in [-0.3, -0.25) is 4.79 Å². The molecular weight excluding hydrogens is 254 g/mol. The van der Waals surface area contributed by atoms with E-state index >= 15 is 0 Å². The first kappa shape index (κ1) is 16.9. The van der Waals surface area contributed by atoms with E-state index in [1.165, 1.54) is 6.08 Å². The lowest BCUT2D eigenvalue weighted by Crippen LogP contribution is -2.50. The summed E-state index contributed by atoms with van der Waals surface area (Å²) in [7, 11) is 0. The Labute approximate surface area is 111 Å². The highest BCUT2D eigenvalue weighted by Gasteiger charge is 2.22. The summed E-state index contributed by atoms with van der Waals surface area (Å²) in [4.78, 5) is 33.4. The standard InChI is InChI=1S/C12H19NO6/c1-5-6-18-9(14)7-8(10(15)16)13-11(17)19-12(2,3)4/h5,8H,1,6-7H2,2-4H3,(H,13,17)(H,15,16)/p-1/t8-/m0/s1. The Kier molecular flexibility index (Phi) is 6.60. The molecule has 0 saturated carbocycles. The summed E-state index contributed by atoms with van der Waals surface area (Å²) in [5.41, 5.74) is -0.774. The molecule has 0 fully saturated rings. The molecule has 0 unspecified atom stereocenters. The molecule has 0 aliphatic rings. The number of carboxylic acids is 1. The second kappa shape index (κ2) is 7.40. The minimum Gasteiger partial charge on any atom is -0.548 e. The first-order valence-electron chi connectivity index (χ1n) is 5.62. The number of amides is 1. The largest absolute Gasteiger partial charge is 0.548 e. The Bertz CT molecular complexity index is 358. The van der Waals surface area contributed by atoms with E-state index in [9.17, 15) is 19.5 Å². The van der Waals surface area contributed by atoms with Crippen LogP contribution in [-0.2, 0) is 19.1 Å². The zero-order valence-corrected chi connectivity index (χ0v) is 11.2. The second-order valence-corrected chi connectivity index (χ2v) is 4.69. The van der Waals surface area contributed by atoms with Crippen LogP contribution in [0.3, 0.4) is 0 Å². The molecule has 0 aromatic heterocycles. The van der Waals surface area contributed by atoms with Gasteiger partial charge in [0.25, 0.3) is 0 Å². The molecule has 1 atom stereocenters. The molecule has 0 aliphatic heterocycles. The average molecular weight is 272 g/mol. The molecule has 0 spiro atoms. The van der Waals surface area contributed by atoms with Crippen molar-refractivity contribution in [2.24, 2.45) is 0 Å². The third kappa shape index (κ3) is 8.64. The number of nitrogens with one attached hydrogen (secondary N) is 1. The highest BCUT2D eigenvalue weighted by molar-refractivity contribution is 5.84. The van der Waals surface area contributed by atoms with Crippen molar-refractivity contribution >= 4 is 18.0 Å². The zero-order valence-electron chi connectivity index (χ0n) is 11.2. The summed E-state index contributed by atoms with van der Waals surface area (Å²) in [6.45, 7) is 8.18. The molecule has 7 heteroatoms. The number of ether oxygens (including phenoxy) is 2. The lowest BCUT2D eigenvalue weighted by Gasteiger charge is -2.23. The third-order valence-electron chi connectivity index (χ3n) is 1.71. The van der Waals surface area contributed by atoms with Crippen molar-refractivity contribution < 1.29 is 29.0 Å². The van der Waals surface area contributed by atoms with E-state index in [4.69, 9.17) is 4.74 Å². The molecule has 0 radical (unpaired) electrons. The van der Waals surface area contributed by atoms with Crippen LogP contribution in [0.5, 0.6) is 0 Å². The molecule has 0 saturated heterocycles. The normalized spacial score (nSPS) is 12.2. The van der Waals surface area contributed by atoms with Gasteiger partial charge in [0.2, 0.25) is 0 Å². The molecule has 0 aromatic rings. The second-order valence-electron chi connectivity index (χ2n) is 4.69. The van der Waals surface area contributed by atoms with Crippen molar-refractivity contribution in [2.75, 3.05) is 6.61 Å². The fourth-order valence-electron chi connectivity index (χ4n) is 1.02. The zero-order chi connectivity index (χ0) is 15.1. The van der Waals surface area contributed by atoms with Crippen LogP contribution < -0.4 is 10.4 Å². The van der Waals surface area contributed by atoms with E-state index in [0.29, 0.717) is 0 Å². The number of carbonyl (C=O) groups is 3. The fraction of sp³-hybridized carbons (Fsp3) is 0.583. The van der Waals surface area contributed by atoms with Crippen molar-refractivity contribution in [1.82, 2.24) is 5.32 Å². The number of carbonyl (C=O) groups excluding carboxylic acids is 3. The topological polar surface area (TPSA) is 105 Å². The third-order valence-corrected chi connectivity index (χ3v) is 1.71. The SMILES string of the molecule is C=CCOC(=O)C[C@H](NC(=O)OC(C)(C)C)C(=O)[O-]. The maximum atomic E-state index is 11.4. The average Bonchev–Trinajstić information content (AvgIpc) is 2.22. The first-order valence-corrected chi connectivity index (χ1v) is 5.62. The van der Waals surface area contributed by atoms with E-state index in [-0.39, 0.29) is 6.61 Å². The van der Waals surface area contributed by atoms with E-state index < -0.39 is 36.1 Å². The van der Waals surface area contributed by atoms with Crippen molar-refractivity contribution in [3.05, 3.63) is 12.7 Å². The summed E-state index contributed by atoms with van der Waals surface area (Å²) in [5, 5.41) is 12.8. The maximum Gasteiger partial charge on any atom is 0.408 e. The van der Waals surface area contributed by atoms with E-state index in [1.807, 2.05) is 5.32 Å². The van der Waals surface area contributed by atoms with Crippen LogP contribution >= 0.6 is 0 Å². The molecule has 1 N–H and O–H groups in total. The number of hydrogen-bond donors (Lipinski definition) is 1. The Hall–Kier alpha value is -2.05. The summed E-state index contributed by atoms with van der Waals surface area (Å²) in [6, 6.07) is -1.51. The molecule has 0 aromatic carbocycles. The number of esters is 1. The van der Waals surface area contributed by atoms with Crippen LogP contribution in [0, 0.1) is 0 Å². The van der Waals surface area contributed by atoms with Crippen LogP contribution in [0.25, 0.3) is 0 Å². The lowest BCUT2D eigenvalue weighted by atomic mass is 10.2. The van der Waals surface area contributed by atoms with Crippen molar-refractivity contribution in [3.63, 3.8) is 0 Å². The minimum absolute atomic E-state index is 0.0367. The highest BCUT2D eigenvalue weighted by atomic mass is 16.6. The predicted molar refractivity (Wildman–Crippen MR) is 63.9 cm³/mol. The van der Waals surface area contributed by atoms with Gasteiger partial charge in [-0.2, -0.15) is 0 Å². The monoisotopic (exact) mass is 272 g/mol. The summed E-state index contributed by atoms with van der Waals surface area (Å²) < 4.78 is 9.49. The van der Waals surface area contributed by atoms with Crippen LogP contribution in [0.1, 0.15) is 27.2 Å². The van der Waals surface area contributed by atoms with Crippen molar-refractivity contribution in [1.29, 1.82) is 0 Å². The van der Waals surface area contributed by atoms with Gasteiger partial charge in [-0.1, -0.05) is 12.7 Å². The van der Waals surface area contributed by atoms with Gasteiger partial charge < -0.3 is 24.7 Å². The number of carboxylic acid groups (broad SMARTS) is 1. The predicted octanol–water partition coefficient (Wildman–Crippen LogP) is -0.251. The summed E-state index contributed by atoms with van der Waals surface area (Å²) in [6.07, 6.45) is -0.152. The molecule has 7 nitrogen and oxygen atoms in total. The van der Waals surface area contributed by atoms with Gasteiger partial charge >= 0.3 is 12.1 Å². The van der Waals surface area contributed by atoms with Gasteiger partial charge in [0, 0.05) is 0 Å². The summed E-state index contributed by atoms with van der Waals surface area (Å²) in [5.74, 6) is -2.38. The first-order chi connectivity index (χ1) is 8.65. The lowest BCUT2D eigenvalue weighted by molar-refractivity contribution is -0.308. The molecule has 0 heterocycles. The maximum absolute atomic E-state index is 11.4. The smallest absolute Gasteiger partial charge is 0.408 e. The quantitative estimate of drug-likeness (QED) is 0.528. The Balaban J connectivity index is 4.42. The van der Waals surface area contributed by atoms with Gasteiger partial charge in [-0.05, 0) is 20.8 Å². The Morgan fingerprint density at radius 1 is 1.37 bits per heavy atom. The van der Waals surface area contributed by atoms with Gasteiger partial charge in [0.15, 0.2) is 0 Å². The van der Waals surface area contributed by atoms with E-state index in [2.05, 4.69) is 11.3 Å². The van der Waals surface area contributed by atoms with Gasteiger partial charge in [0.1, 0.15) is 12.2 Å². The molecule has 0 bridgehead atoms. The van der Waals surface area contributed by atoms with Gasteiger partial charge in [0.05, 0.1) is 18.4 Å². The summed E-state index contributed by atoms with van der Waals surface area (Å²) >= 11 is 0.